The van der Waals surface area contributed by atoms with Crippen LogP contribution in [0.1, 0.15) is 44.8 Å². The molecule has 0 saturated heterocycles. The number of anilines is 1. The van der Waals surface area contributed by atoms with E-state index in [4.69, 9.17) is 0 Å². The maximum absolute atomic E-state index is 13.5. The normalized spacial score (nSPS) is 20.4. The number of aryl methyl sites for hydroxylation is 2. The molecule has 2 aliphatic heterocycles. The molecular formula is C21H18FN5O. The first-order valence-corrected chi connectivity index (χ1v) is 9.11. The molecule has 2 aliphatic rings. The van der Waals surface area contributed by atoms with Gasteiger partial charge in [0, 0.05) is 23.9 Å². The summed E-state index contributed by atoms with van der Waals surface area (Å²) >= 11 is 0. The summed E-state index contributed by atoms with van der Waals surface area (Å²) in [6.07, 6.45) is 1.51. The third-order valence-corrected chi connectivity index (χ3v) is 5.42. The Hall–Kier alpha value is -3.35. The third-order valence-electron chi connectivity index (χ3n) is 5.42. The summed E-state index contributed by atoms with van der Waals surface area (Å²) in [5.74, 6) is 0.225. The molecule has 3 heterocycles. The second-order valence-electron chi connectivity index (χ2n) is 7.25. The van der Waals surface area contributed by atoms with Crippen molar-refractivity contribution in [3.05, 3.63) is 76.6 Å². The Balaban J connectivity index is 1.76. The van der Waals surface area contributed by atoms with Gasteiger partial charge in [-0.2, -0.15) is 5.10 Å². The standard InChI is InChI=1S/C21H18FN5O/c1-11-7-14-16(28)9-23-20-17(14)15(8-11)26-19(12-3-5-13(22)6-4-12)18(20)21-24-10-25-27(21)2/h3-8,10,18-19,26H,9H2,1-2H3/t18-,19-/m1/s1. The van der Waals surface area contributed by atoms with Gasteiger partial charge in [-0.15, -0.1) is 0 Å². The molecule has 140 valence electrons. The van der Waals surface area contributed by atoms with E-state index in [2.05, 4.69) is 20.4 Å². The van der Waals surface area contributed by atoms with Crippen LogP contribution in [0, 0.1) is 12.7 Å². The number of halogens is 1. The van der Waals surface area contributed by atoms with Crippen molar-refractivity contribution < 1.29 is 9.18 Å². The molecule has 0 spiro atoms. The molecule has 0 saturated carbocycles. The summed E-state index contributed by atoms with van der Waals surface area (Å²) in [5, 5.41) is 7.79. The Bertz CT molecular complexity index is 1130. The number of hydrogen-bond acceptors (Lipinski definition) is 5. The second kappa shape index (κ2) is 6.09. The van der Waals surface area contributed by atoms with Crippen LogP contribution in [-0.2, 0) is 7.05 Å². The van der Waals surface area contributed by atoms with Crippen molar-refractivity contribution in [1.82, 2.24) is 14.8 Å². The number of benzene rings is 2. The summed E-state index contributed by atoms with van der Waals surface area (Å²) in [5.41, 5.74) is 5.15. The molecule has 0 amide bonds. The lowest BCUT2D eigenvalue weighted by molar-refractivity contribution is 0.0999. The molecule has 2 aromatic carbocycles. The van der Waals surface area contributed by atoms with E-state index in [1.165, 1.54) is 18.5 Å². The molecule has 0 aliphatic carbocycles. The van der Waals surface area contributed by atoms with Gasteiger partial charge in [-0.3, -0.25) is 14.5 Å². The van der Waals surface area contributed by atoms with Gasteiger partial charge < -0.3 is 5.32 Å². The van der Waals surface area contributed by atoms with Gasteiger partial charge >= 0.3 is 0 Å². The zero-order valence-electron chi connectivity index (χ0n) is 15.5. The Morgan fingerprint density at radius 2 is 2.00 bits per heavy atom. The fourth-order valence-corrected chi connectivity index (χ4v) is 4.18. The molecule has 0 unspecified atom stereocenters. The fourth-order valence-electron chi connectivity index (χ4n) is 4.18. The van der Waals surface area contributed by atoms with Crippen molar-refractivity contribution in [2.45, 2.75) is 18.9 Å². The molecule has 1 N–H and O–H groups in total. The zero-order valence-corrected chi connectivity index (χ0v) is 15.5. The number of rotatable bonds is 2. The molecule has 0 bridgehead atoms. The highest BCUT2D eigenvalue weighted by Gasteiger charge is 2.41. The largest absolute Gasteiger partial charge is 0.377 e. The van der Waals surface area contributed by atoms with Crippen LogP contribution in [-0.4, -0.2) is 32.8 Å². The quantitative estimate of drug-likeness (QED) is 0.747. The number of ketones is 1. The lowest BCUT2D eigenvalue weighted by atomic mass is 9.77. The number of carbonyl (C=O) groups excluding carboxylic acids is 1. The van der Waals surface area contributed by atoms with Crippen LogP contribution in [0.3, 0.4) is 0 Å². The van der Waals surface area contributed by atoms with Crippen molar-refractivity contribution in [3.63, 3.8) is 0 Å². The number of aromatic nitrogens is 3. The lowest BCUT2D eigenvalue weighted by Crippen LogP contribution is -2.37. The summed E-state index contributed by atoms with van der Waals surface area (Å²) in [7, 11) is 1.84. The summed E-state index contributed by atoms with van der Waals surface area (Å²) in [6, 6.07) is 10.2. The topological polar surface area (TPSA) is 72.2 Å². The number of hydrogen-bond donors (Lipinski definition) is 1. The Labute approximate surface area is 161 Å². The average molecular weight is 375 g/mol. The summed E-state index contributed by atoms with van der Waals surface area (Å²) in [6.45, 7) is 2.09. The molecule has 5 rings (SSSR count). The first-order valence-electron chi connectivity index (χ1n) is 9.11. The van der Waals surface area contributed by atoms with Crippen molar-refractivity contribution in [2.75, 3.05) is 11.9 Å². The first-order chi connectivity index (χ1) is 13.5. The van der Waals surface area contributed by atoms with Crippen molar-refractivity contribution in [1.29, 1.82) is 0 Å². The summed E-state index contributed by atoms with van der Waals surface area (Å²) < 4.78 is 15.2. The van der Waals surface area contributed by atoms with E-state index in [1.54, 1.807) is 16.8 Å². The molecular weight excluding hydrogens is 357 g/mol. The van der Waals surface area contributed by atoms with Gasteiger partial charge in [-0.05, 0) is 42.3 Å². The van der Waals surface area contributed by atoms with Crippen LogP contribution in [0.15, 0.2) is 47.7 Å². The molecule has 6 nitrogen and oxygen atoms in total. The van der Waals surface area contributed by atoms with Gasteiger partial charge in [-0.1, -0.05) is 12.1 Å². The van der Waals surface area contributed by atoms with Gasteiger partial charge in [0.25, 0.3) is 0 Å². The van der Waals surface area contributed by atoms with Crippen LogP contribution in [0.5, 0.6) is 0 Å². The van der Waals surface area contributed by atoms with Crippen molar-refractivity contribution >= 4 is 17.2 Å². The monoisotopic (exact) mass is 375 g/mol. The van der Waals surface area contributed by atoms with Crippen LogP contribution in [0.4, 0.5) is 10.1 Å². The van der Waals surface area contributed by atoms with Gasteiger partial charge in [0.05, 0.1) is 17.7 Å². The van der Waals surface area contributed by atoms with E-state index in [9.17, 15) is 9.18 Å². The lowest BCUT2D eigenvalue weighted by Gasteiger charge is -2.38. The minimum absolute atomic E-state index is 0.0162. The van der Waals surface area contributed by atoms with Gasteiger partial charge in [0.1, 0.15) is 24.5 Å². The SMILES string of the molecule is Cc1cc2c3c(c1)C(=O)CN=C3[C@H](c1ncnn1C)[C@@H](c1ccc(F)cc1)N2. The number of carbonyl (C=O) groups is 1. The highest BCUT2D eigenvalue weighted by Crippen LogP contribution is 2.44. The smallest absolute Gasteiger partial charge is 0.184 e. The number of nitrogens with zero attached hydrogens (tertiary/aromatic N) is 4. The Morgan fingerprint density at radius 3 is 2.71 bits per heavy atom. The van der Waals surface area contributed by atoms with E-state index in [0.29, 0.717) is 5.56 Å². The highest BCUT2D eigenvalue weighted by atomic mass is 19.1. The Morgan fingerprint density at radius 1 is 1.21 bits per heavy atom. The van der Waals surface area contributed by atoms with E-state index < -0.39 is 0 Å². The Kier molecular flexibility index (Phi) is 3.65. The first kappa shape index (κ1) is 16.8. The molecule has 7 heteroatoms. The highest BCUT2D eigenvalue weighted by molar-refractivity contribution is 6.21. The van der Waals surface area contributed by atoms with Crippen LogP contribution in [0.25, 0.3) is 0 Å². The van der Waals surface area contributed by atoms with Crippen LogP contribution in [0.2, 0.25) is 0 Å². The predicted octanol–water partition coefficient (Wildman–Crippen LogP) is 3.20. The second-order valence-corrected chi connectivity index (χ2v) is 7.25. The van der Waals surface area contributed by atoms with Gasteiger partial charge in [-0.25, -0.2) is 9.37 Å². The fraction of sp³-hybridized carbons (Fsp3) is 0.238. The third kappa shape index (κ3) is 2.46. The molecule has 2 atom stereocenters. The van der Waals surface area contributed by atoms with E-state index in [1.807, 2.05) is 26.1 Å². The minimum atomic E-state index is -0.283. The minimum Gasteiger partial charge on any atom is -0.377 e. The van der Waals surface area contributed by atoms with Crippen molar-refractivity contribution in [3.8, 4) is 0 Å². The van der Waals surface area contributed by atoms with Gasteiger partial charge in [0.2, 0.25) is 0 Å². The van der Waals surface area contributed by atoms with Gasteiger partial charge in [0.15, 0.2) is 5.78 Å². The van der Waals surface area contributed by atoms with E-state index >= 15 is 0 Å². The van der Waals surface area contributed by atoms with Crippen LogP contribution < -0.4 is 5.32 Å². The molecule has 1 aromatic heterocycles. The zero-order chi connectivity index (χ0) is 19.4. The van der Waals surface area contributed by atoms with E-state index in [0.717, 1.165) is 33.9 Å². The van der Waals surface area contributed by atoms with Crippen LogP contribution >= 0.6 is 0 Å². The maximum Gasteiger partial charge on any atom is 0.184 e. The maximum atomic E-state index is 13.5. The molecule has 28 heavy (non-hydrogen) atoms. The molecule has 3 aromatic rings. The molecule has 0 fully saturated rings. The summed E-state index contributed by atoms with van der Waals surface area (Å²) in [4.78, 5) is 21.6. The van der Waals surface area contributed by atoms with Crippen molar-refractivity contribution in [2.24, 2.45) is 12.0 Å². The number of aliphatic imine (C=N–C) groups is 1. The number of nitrogens with one attached hydrogen (secondary N) is 1. The predicted molar refractivity (Wildman–Crippen MR) is 103 cm³/mol. The molecule has 0 radical (unpaired) electrons. The average Bonchev–Trinajstić information content (AvgIpc) is 3.10. The number of Topliss-reactive ketones (excluding diaryl/α,β-unsaturated/α-hetero) is 1. The van der Waals surface area contributed by atoms with E-state index in [-0.39, 0.29) is 30.1 Å².